The smallest absolute Gasteiger partial charge is 0.314 e. The van der Waals surface area contributed by atoms with Crippen LogP contribution in [0.1, 0.15) is 44.1 Å². The number of aryl methyl sites for hydroxylation is 1. The number of aromatic nitrogens is 1. The van der Waals surface area contributed by atoms with Crippen LogP contribution in [-0.2, 0) is 9.59 Å². The van der Waals surface area contributed by atoms with Crippen molar-refractivity contribution in [2.75, 3.05) is 5.32 Å². The van der Waals surface area contributed by atoms with E-state index in [0.717, 1.165) is 42.6 Å². The van der Waals surface area contributed by atoms with Crippen LogP contribution in [0.2, 0.25) is 0 Å². The highest BCUT2D eigenvalue weighted by Crippen LogP contribution is 2.55. The standard InChI is InChI=1S/C18H23N3O2/c1-11-2-3-15(19-10-11)20-16(22)17(23)21-18-7-12-4-13(8-18)6-14(5-12)9-18/h2-3,10,12-14H,4-9H2,1H3,(H,21,23)(H,19,20,22). The third-order valence-corrected chi connectivity index (χ3v) is 5.78. The van der Waals surface area contributed by atoms with Crippen molar-refractivity contribution in [1.82, 2.24) is 10.3 Å². The first-order chi connectivity index (χ1) is 11.0. The summed E-state index contributed by atoms with van der Waals surface area (Å²) in [7, 11) is 0. The molecule has 4 aliphatic carbocycles. The summed E-state index contributed by atoms with van der Waals surface area (Å²) in [5, 5.41) is 5.67. The van der Waals surface area contributed by atoms with Gasteiger partial charge in [0.1, 0.15) is 5.82 Å². The Morgan fingerprint density at radius 3 is 2.17 bits per heavy atom. The first-order valence-corrected chi connectivity index (χ1v) is 8.57. The minimum atomic E-state index is -0.614. The number of hydrogen-bond donors (Lipinski definition) is 2. The van der Waals surface area contributed by atoms with E-state index in [4.69, 9.17) is 0 Å². The van der Waals surface area contributed by atoms with Gasteiger partial charge in [0.2, 0.25) is 0 Å². The van der Waals surface area contributed by atoms with Gasteiger partial charge in [-0.2, -0.15) is 0 Å². The van der Waals surface area contributed by atoms with Crippen molar-refractivity contribution in [3.05, 3.63) is 23.9 Å². The van der Waals surface area contributed by atoms with E-state index in [9.17, 15) is 9.59 Å². The van der Waals surface area contributed by atoms with Gasteiger partial charge in [-0.3, -0.25) is 9.59 Å². The molecule has 4 aliphatic rings. The Kier molecular flexibility index (Phi) is 3.39. The quantitative estimate of drug-likeness (QED) is 0.824. The Morgan fingerprint density at radius 2 is 1.65 bits per heavy atom. The van der Waals surface area contributed by atoms with E-state index >= 15 is 0 Å². The fourth-order valence-electron chi connectivity index (χ4n) is 5.28. The summed E-state index contributed by atoms with van der Waals surface area (Å²) >= 11 is 0. The molecule has 23 heavy (non-hydrogen) atoms. The molecule has 4 bridgehead atoms. The lowest BCUT2D eigenvalue weighted by atomic mass is 9.53. The predicted octanol–water partition coefficient (Wildman–Crippen LogP) is 2.41. The summed E-state index contributed by atoms with van der Waals surface area (Å²) in [6, 6.07) is 3.57. The van der Waals surface area contributed by atoms with E-state index in [1.165, 1.54) is 19.3 Å². The average Bonchev–Trinajstić information content (AvgIpc) is 2.47. The van der Waals surface area contributed by atoms with Gasteiger partial charge >= 0.3 is 11.8 Å². The van der Waals surface area contributed by atoms with Gasteiger partial charge in [-0.15, -0.1) is 0 Å². The summed E-state index contributed by atoms with van der Waals surface area (Å²) in [6.45, 7) is 1.93. The second-order valence-corrected chi connectivity index (χ2v) is 7.83. The molecule has 1 aromatic rings. The molecule has 0 aromatic carbocycles. The molecular formula is C18H23N3O2. The largest absolute Gasteiger partial charge is 0.342 e. The lowest BCUT2D eigenvalue weighted by Crippen LogP contribution is -2.61. The Labute approximate surface area is 136 Å². The highest BCUT2D eigenvalue weighted by atomic mass is 16.2. The number of nitrogens with zero attached hydrogens (tertiary/aromatic N) is 1. The van der Waals surface area contributed by atoms with Crippen molar-refractivity contribution >= 4 is 17.6 Å². The molecule has 1 heterocycles. The van der Waals surface area contributed by atoms with Crippen molar-refractivity contribution in [3.8, 4) is 0 Å². The maximum Gasteiger partial charge on any atom is 0.314 e. The van der Waals surface area contributed by atoms with E-state index < -0.39 is 11.8 Å². The van der Waals surface area contributed by atoms with E-state index in [1.807, 2.05) is 13.0 Å². The molecule has 0 aliphatic heterocycles. The zero-order valence-electron chi connectivity index (χ0n) is 13.5. The molecule has 5 rings (SSSR count). The second-order valence-electron chi connectivity index (χ2n) is 7.83. The highest BCUT2D eigenvalue weighted by molar-refractivity contribution is 6.39. The molecule has 5 heteroatoms. The van der Waals surface area contributed by atoms with Crippen LogP contribution in [0.3, 0.4) is 0 Å². The third kappa shape index (κ3) is 2.84. The van der Waals surface area contributed by atoms with Crippen molar-refractivity contribution in [3.63, 3.8) is 0 Å². The molecule has 122 valence electrons. The zero-order chi connectivity index (χ0) is 16.0. The molecule has 0 saturated heterocycles. The van der Waals surface area contributed by atoms with Crippen LogP contribution in [0.4, 0.5) is 5.82 Å². The molecule has 0 spiro atoms. The molecule has 4 saturated carbocycles. The summed E-state index contributed by atoms with van der Waals surface area (Å²) in [5.74, 6) is 1.50. The highest BCUT2D eigenvalue weighted by Gasteiger charge is 2.51. The van der Waals surface area contributed by atoms with Crippen LogP contribution >= 0.6 is 0 Å². The van der Waals surface area contributed by atoms with Gasteiger partial charge in [-0.25, -0.2) is 4.98 Å². The van der Waals surface area contributed by atoms with Crippen molar-refractivity contribution in [2.24, 2.45) is 17.8 Å². The summed E-state index contributed by atoms with van der Waals surface area (Å²) in [4.78, 5) is 28.6. The van der Waals surface area contributed by atoms with Crippen LogP contribution in [0.5, 0.6) is 0 Å². The Balaban J connectivity index is 1.41. The maximum absolute atomic E-state index is 12.3. The number of anilines is 1. The van der Waals surface area contributed by atoms with E-state index in [0.29, 0.717) is 5.82 Å². The molecule has 0 radical (unpaired) electrons. The van der Waals surface area contributed by atoms with Crippen molar-refractivity contribution in [1.29, 1.82) is 0 Å². The van der Waals surface area contributed by atoms with Crippen molar-refractivity contribution in [2.45, 2.75) is 51.0 Å². The molecule has 4 fully saturated rings. The fourth-order valence-corrected chi connectivity index (χ4v) is 5.28. The first-order valence-electron chi connectivity index (χ1n) is 8.57. The van der Waals surface area contributed by atoms with E-state index in [-0.39, 0.29) is 5.54 Å². The van der Waals surface area contributed by atoms with Crippen LogP contribution in [-0.4, -0.2) is 22.3 Å². The number of carbonyl (C=O) groups is 2. The first kappa shape index (κ1) is 14.7. The van der Waals surface area contributed by atoms with Crippen LogP contribution in [0, 0.1) is 24.7 Å². The second kappa shape index (κ2) is 5.32. The van der Waals surface area contributed by atoms with Crippen LogP contribution in [0.25, 0.3) is 0 Å². The minimum absolute atomic E-state index is 0.135. The van der Waals surface area contributed by atoms with Gasteiger partial charge in [-0.05, 0) is 74.8 Å². The van der Waals surface area contributed by atoms with Gasteiger partial charge in [0.15, 0.2) is 0 Å². The molecule has 1 aromatic heterocycles. The lowest BCUT2D eigenvalue weighted by Gasteiger charge is -2.56. The number of hydrogen-bond acceptors (Lipinski definition) is 3. The molecular weight excluding hydrogens is 290 g/mol. The van der Waals surface area contributed by atoms with E-state index in [1.54, 1.807) is 12.3 Å². The predicted molar refractivity (Wildman–Crippen MR) is 86.6 cm³/mol. The topological polar surface area (TPSA) is 71.1 Å². The van der Waals surface area contributed by atoms with Gasteiger partial charge in [0, 0.05) is 11.7 Å². The molecule has 0 atom stereocenters. The summed E-state index contributed by atoms with van der Waals surface area (Å²) < 4.78 is 0. The summed E-state index contributed by atoms with van der Waals surface area (Å²) in [6.07, 6.45) is 8.74. The normalized spacial score (nSPS) is 34.2. The van der Waals surface area contributed by atoms with Gasteiger partial charge in [-0.1, -0.05) is 6.07 Å². The minimum Gasteiger partial charge on any atom is -0.342 e. The average molecular weight is 313 g/mol. The van der Waals surface area contributed by atoms with E-state index in [2.05, 4.69) is 15.6 Å². The SMILES string of the molecule is Cc1ccc(NC(=O)C(=O)NC23CC4CC(CC(C4)C2)C3)nc1. The third-order valence-electron chi connectivity index (χ3n) is 5.78. The lowest BCUT2D eigenvalue weighted by molar-refractivity contribution is -0.139. The van der Waals surface area contributed by atoms with Gasteiger partial charge in [0.25, 0.3) is 0 Å². The maximum atomic E-state index is 12.3. The fraction of sp³-hybridized carbons (Fsp3) is 0.611. The molecule has 2 amide bonds. The zero-order valence-corrected chi connectivity index (χ0v) is 13.5. The van der Waals surface area contributed by atoms with Crippen LogP contribution in [0.15, 0.2) is 18.3 Å². The number of pyridine rings is 1. The van der Waals surface area contributed by atoms with Gasteiger partial charge in [0.05, 0.1) is 0 Å². The monoisotopic (exact) mass is 313 g/mol. The van der Waals surface area contributed by atoms with Crippen LogP contribution < -0.4 is 10.6 Å². The number of rotatable bonds is 2. The number of nitrogens with one attached hydrogen (secondary N) is 2. The van der Waals surface area contributed by atoms with Gasteiger partial charge < -0.3 is 10.6 Å². The Morgan fingerprint density at radius 1 is 1.04 bits per heavy atom. The Bertz CT molecular complexity index is 603. The number of amides is 2. The summed E-state index contributed by atoms with van der Waals surface area (Å²) in [5.41, 5.74) is 0.880. The molecule has 0 unspecified atom stereocenters. The molecule has 2 N–H and O–H groups in total. The Hall–Kier alpha value is -1.91. The van der Waals surface area contributed by atoms with Crippen molar-refractivity contribution < 1.29 is 9.59 Å². The molecule has 5 nitrogen and oxygen atoms in total. The number of carbonyl (C=O) groups excluding carboxylic acids is 2.